The molecule has 94 valence electrons. The van der Waals surface area contributed by atoms with Crippen LogP contribution in [0.4, 0.5) is 0 Å². The lowest BCUT2D eigenvalue weighted by Gasteiger charge is -2.39. The second-order valence-electron chi connectivity index (χ2n) is 5.62. The average Bonchev–Trinajstić information content (AvgIpc) is 2.27. The van der Waals surface area contributed by atoms with Gasteiger partial charge in [0.1, 0.15) is 4.60 Å². The van der Waals surface area contributed by atoms with Gasteiger partial charge < -0.3 is 5.32 Å². The molecular weight excluding hydrogens is 276 g/mol. The van der Waals surface area contributed by atoms with E-state index >= 15 is 0 Å². The molecule has 0 aromatic carbocycles. The Kier molecular flexibility index (Phi) is 4.21. The molecule has 17 heavy (non-hydrogen) atoms. The molecular formula is C14H21BrN2. The Morgan fingerprint density at radius 3 is 2.94 bits per heavy atom. The second kappa shape index (κ2) is 5.49. The number of aromatic nitrogens is 1. The van der Waals surface area contributed by atoms with Gasteiger partial charge in [0, 0.05) is 12.6 Å². The minimum atomic E-state index is 0.421. The quantitative estimate of drug-likeness (QED) is 0.856. The van der Waals surface area contributed by atoms with Gasteiger partial charge in [-0.2, -0.15) is 0 Å². The normalized spacial score (nSPS) is 23.6. The summed E-state index contributed by atoms with van der Waals surface area (Å²) >= 11 is 3.41. The highest BCUT2D eigenvalue weighted by molar-refractivity contribution is 9.10. The van der Waals surface area contributed by atoms with Crippen molar-refractivity contribution in [1.82, 2.24) is 10.3 Å². The molecule has 1 aliphatic carbocycles. The molecule has 1 aliphatic rings. The maximum atomic E-state index is 4.46. The number of nitrogens with zero attached hydrogens (tertiary/aromatic N) is 1. The predicted octanol–water partition coefficient (Wildman–Crippen LogP) is 3.90. The largest absolute Gasteiger partial charge is 0.308 e. The fourth-order valence-corrected chi connectivity index (χ4v) is 3.03. The third kappa shape index (κ3) is 3.52. The second-order valence-corrected chi connectivity index (χ2v) is 6.43. The van der Waals surface area contributed by atoms with Crippen LogP contribution in [0.2, 0.25) is 0 Å². The lowest BCUT2D eigenvalue weighted by Crippen LogP contribution is -2.43. The summed E-state index contributed by atoms with van der Waals surface area (Å²) in [5.41, 5.74) is 1.53. The molecule has 1 aromatic rings. The van der Waals surface area contributed by atoms with Gasteiger partial charge in [0.05, 0.1) is 5.69 Å². The summed E-state index contributed by atoms with van der Waals surface area (Å²) < 4.78 is 0.916. The van der Waals surface area contributed by atoms with Gasteiger partial charge in [0.15, 0.2) is 0 Å². The Morgan fingerprint density at radius 2 is 2.24 bits per heavy atom. The first-order chi connectivity index (χ1) is 8.08. The molecule has 0 bridgehead atoms. The van der Waals surface area contributed by atoms with Crippen molar-refractivity contribution in [3.8, 4) is 0 Å². The summed E-state index contributed by atoms with van der Waals surface area (Å²) in [6, 6.07) is 6.71. The highest BCUT2D eigenvalue weighted by Gasteiger charge is 2.31. The number of nitrogens with one attached hydrogen (secondary N) is 1. The van der Waals surface area contributed by atoms with Gasteiger partial charge in [0.25, 0.3) is 0 Å². The Morgan fingerprint density at radius 1 is 1.41 bits per heavy atom. The molecule has 1 saturated carbocycles. The Balaban J connectivity index is 1.93. The van der Waals surface area contributed by atoms with Gasteiger partial charge >= 0.3 is 0 Å². The standard InChI is InChI=1S/C14H21BrN2/c1-14(2)9-4-3-7-12(14)16-10-11-6-5-8-13(15)17-11/h5-6,8,12,16H,3-4,7,9-10H2,1-2H3. The average molecular weight is 297 g/mol. The van der Waals surface area contributed by atoms with Crippen LogP contribution in [0.3, 0.4) is 0 Å². The number of hydrogen-bond donors (Lipinski definition) is 1. The molecule has 3 heteroatoms. The van der Waals surface area contributed by atoms with Crippen molar-refractivity contribution in [1.29, 1.82) is 0 Å². The van der Waals surface area contributed by atoms with Crippen LogP contribution in [-0.4, -0.2) is 11.0 Å². The summed E-state index contributed by atoms with van der Waals surface area (Å²) in [6.45, 7) is 5.61. The van der Waals surface area contributed by atoms with E-state index in [1.807, 2.05) is 12.1 Å². The molecule has 1 N–H and O–H groups in total. The Labute approximate surface area is 112 Å². The minimum absolute atomic E-state index is 0.421. The number of halogens is 1. The SMILES string of the molecule is CC1(C)CCCCC1NCc1cccc(Br)n1. The van der Waals surface area contributed by atoms with Gasteiger partial charge in [0.2, 0.25) is 0 Å². The van der Waals surface area contributed by atoms with E-state index in [2.05, 4.69) is 46.1 Å². The first kappa shape index (κ1) is 13.0. The van der Waals surface area contributed by atoms with E-state index in [0.29, 0.717) is 11.5 Å². The van der Waals surface area contributed by atoms with E-state index in [4.69, 9.17) is 0 Å². The summed E-state index contributed by atoms with van der Waals surface area (Å²) in [5.74, 6) is 0. The predicted molar refractivity (Wildman–Crippen MR) is 74.8 cm³/mol. The molecule has 1 aromatic heterocycles. The van der Waals surface area contributed by atoms with Gasteiger partial charge in [-0.3, -0.25) is 0 Å². The van der Waals surface area contributed by atoms with E-state index in [0.717, 1.165) is 16.8 Å². The van der Waals surface area contributed by atoms with Crippen molar-refractivity contribution in [2.24, 2.45) is 5.41 Å². The van der Waals surface area contributed by atoms with Crippen molar-refractivity contribution >= 4 is 15.9 Å². The third-order valence-corrected chi connectivity index (χ3v) is 4.25. The van der Waals surface area contributed by atoms with Crippen LogP contribution in [-0.2, 0) is 6.54 Å². The molecule has 0 spiro atoms. The first-order valence-corrected chi connectivity index (χ1v) is 7.22. The highest BCUT2D eigenvalue weighted by atomic mass is 79.9. The zero-order valence-corrected chi connectivity index (χ0v) is 12.3. The summed E-state index contributed by atoms with van der Waals surface area (Å²) in [6.07, 6.45) is 5.35. The van der Waals surface area contributed by atoms with Crippen LogP contribution in [0.1, 0.15) is 45.2 Å². The first-order valence-electron chi connectivity index (χ1n) is 6.43. The third-order valence-electron chi connectivity index (χ3n) is 3.81. The van der Waals surface area contributed by atoms with E-state index in [-0.39, 0.29) is 0 Å². The lowest BCUT2D eigenvalue weighted by molar-refractivity contribution is 0.166. The molecule has 1 heterocycles. The topological polar surface area (TPSA) is 24.9 Å². The number of pyridine rings is 1. The molecule has 1 fully saturated rings. The number of rotatable bonds is 3. The maximum absolute atomic E-state index is 4.46. The highest BCUT2D eigenvalue weighted by Crippen LogP contribution is 2.35. The fourth-order valence-electron chi connectivity index (χ4n) is 2.65. The molecule has 1 unspecified atom stereocenters. The minimum Gasteiger partial charge on any atom is -0.308 e. The van der Waals surface area contributed by atoms with Crippen LogP contribution in [0.25, 0.3) is 0 Å². The molecule has 2 nitrogen and oxygen atoms in total. The lowest BCUT2D eigenvalue weighted by atomic mass is 9.73. The van der Waals surface area contributed by atoms with Crippen molar-refractivity contribution < 1.29 is 0 Å². The smallest absolute Gasteiger partial charge is 0.106 e. The monoisotopic (exact) mass is 296 g/mol. The van der Waals surface area contributed by atoms with Gasteiger partial charge in [-0.1, -0.05) is 32.8 Å². The van der Waals surface area contributed by atoms with E-state index in [9.17, 15) is 0 Å². The number of hydrogen-bond acceptors (Lipinski definition) is 2. The fraction of sp³-hybridized carbons (Fsp3) is 0.643. The van der Waals surface area contributed by atoms with Gasteiger partial charge in [-0.15, -0.1) is 0 Å². The summed E-state index contributed by atoms with van der Waals surface area (Å²) in [4.78, 5) is 4.46. The molecule has 0 radical (unpaired) electrons. The van der Waals surface area contributed by atoms with E-state index in [1.165, 1.54) is 25.7 Å². The summed E-state index contributed by atoms with van der Waals surface area (Å²) in [7, 11) is 0. The molecule has 0 amide bonds. The van der Waals surface area contributed by atoms with Crippen molar-refractivity contribution in [3.05, 3.63) is 28.5 Å². The zero-order chi connectivity index (χ0) is 12.3. The van der Waals surface area contributed by atoms with Crippen LogP contribution in [0.15, 0.2) is 22.8 Å². The molecule has 0 saturated heterocycles. The van der Waals surface area contributed by atoms with E-state index < -0.39 is 0 Å². The summed E-state index contributed by atoms with van der Waals surface area (Å²) in [5, 5.41) is 3.67. The van der Waals surface area contributed by atoms with Crippen molar-refractivity contribution in [3.63, 3.8) is 0 Å². The molecule has 2 rings (SSSR count). The van der Waals surface area contributed by atoms with Gasteiger partial charge in [-0.25, -0.2) is 4.98 Å². The van der Waals surface area contributed by atoms with Crippen molar-refractivity contribution in [2.45, 2.75) is 52.1 Å². The van der Waals surface area contributed by atoms with Crippen LogP contribution < -0.4 is 5.32 Å². The molecule has 0 aliphatic heterocycles. The Bertz CT molecular complexity index is 376. The Hall–Kier alpha value is -0.410. The molecule has 1 atom stereocenters. The van der Waals surface area contributed by atoms with Crippen LogP contribution in [0, 0.1) is 5.41 Å². The van der Waals surface area contributed by atoms with Crippen LogP contribution in [0.5, 0.6) is 0 Å². The van der Waals surface area contributed by atoms with E-state index in [1.54, 1.807) is 0 Å². The van der Waals surface area contributed by atoms with Gasteiger partial charge in [-0.05, 0) is 46.3 Å². The van der Waals surface area contributed by atoms with Crippen molar-refractivity contribution in [2.75, 3.05) is 0 Å². The van der Waals surface area contributed by atoms with Crippen LogP contribution >= 0.6 is 15.9 Å². The maximum Gasteiger partial charge on any atom is 0.106 e. The zero-order valence-electron chi connectivity index (χ0n) is 10.7.